The summed E-state index contributed by atoms with van der Waals surface area (Å²) in [6.45, 7) is 0. The first-order valence-corrected chi connectivity index (χ1v) is 26.6. The number of hydrogen-bond acceptors (Lipinski definition) is 12. The molecule has 0 aromatic rings. The Labute approximate surface area is 186 Å². The molecule has 0 aromatic heterocycles. The average Bonchev–Trinajstić information content (AvgIpc) is 2.72. The summed E-state index contributed by atoms with van der Waals surface area (Å²) in [5.41, 5.74) is 0. The number of methoxy groups -OCH3 is 4. The maximum absolute atomic E-state index is 11.5. The van der Waals surface area contributed by atoms with Crippen LogP contribution >= 0.6 is 35.8 Å². The van der Waals surface area contributed by atoms with Gasteiger partial charge in [0.2, 0.25) is 0 Å². The zero-order valence-electron chi connectivity index (χ0n) is 17.1. The average molecular weight is 595 g/mol. The van der Waals surface area contributed by atoms with Gasteiger partial charge in [0.1, 0.15) is 0 Å². The van der Waals surface area contributed by atoms with Crippen LogP contribution in [0, 0.1) is 0 Å². The molecule has 0 amide bonds. The molecular formula is C16H28O8S4Sn. The molecule has 0 aliphatic carbocycles. The molecule has 13 heteroatoms. The molecule has 0 fully saturated rings. The van der Waals surface area contributed by atoms with Crippen LogP contribution in [0.25, 0.3) is 0 Å². The number of hydrogen-bond donors (Lipinski definition) is 0. The summed E-state index contributed by atoms with van der Waals surface area (Å²) >= 11 is -3.18. The molecule has 0 saturated carbocycles. The van der Waals surface area contributed by atoms with Gasteiger partial charge in [0, 0.05) is 0 Å². The molecule has 0 rings (SSSR count). The summed E-state index contributed by atoms with van der Waals surface area (Å²) in [7, 11) is 12.3. The van der Waals surface area contributed by atoms with Gasteiger partial charge in [-0.05, 0) is 0 Å². The number of rotatable bonds is 16. The van der Waals surface area contributed by atoms with Gasteiger partial charge >= 0.3 is 188 Å². The van der Waals surface area contributed by atoms with Crippen LogP contribution in [-0.2, 0) is 38.1 Å². The van der Waals surface area contributed by atoms with E-state index in [-0.39, 0.29) is 49.6 Å². The standard InChI is InChI=1S/4C4H8O2S.Sn/c4*1-6-4(5)2-3-7;/h4*7H,2-3H2,1H3;/q;;;;+4/p-4. The molecule has 0 aromatic carbocycles. The van der Waals surface area contributed by atoms with E-state index in [4.69, 9.17) is 18.9 Å². The SMILES string of the molecule is COC(=O)CC[S][Sn]([S]CCC(=O)OC)([S]CCC(=O)OC)[S]CCC(=O)OC. The molecule has 0 N–H and O–H groups in total. The minimum atomic E-state index is -3.18. The van der Waals surface area contributed by atoms with Gasteiger partial charge in [-0.25, -0.2) is 0 Å². The predicted octanol–water partition coefficient (Wildman–Crippen LogP) is 2.61. The van der Waals surface area contributed by atoms with Crippen LogP contribution in [0.15, 0.2) is 0 Å². The molecule has 8 nitrogen and oxygen atoms in total. The second-order valence-electron chi connectivity index (χ2n) is 5.20. The Kier molecular flexibility index (Phi) is 17.8. The van der Waals surface area contributed by atoms with Crippen LogP contribution in [-0.4, -0.2) is 88.2 Å². The summed E-state index contributed by atoms with van der Waals surface area (Å²) in [5.74, 6) is 1.23. The third-order valence-corrected chi connectivity index (χ3v) is 53.9. The molecule has 0 unspecified atom stereocenters. The van der Waals surface area contributed by atoms with Crippen molar-refractivity contribution >= 4 is 72.5 Å². The summed E-state index contributed by atoms with van der Waals surface area (Å²) < 4.78 is 18.9. The van der Waals surface area contributed by atoms with E-state index in [1.54, 1.807) is 35.8 Å². The second kappa shape index (κ2) is 17.7. The van der Waals surface area contributed by atoms with Gasteiger partial charge < -0.3 is 0 Å². The van der Waals surface area contributed by atoms with Gasteiger partial charge in [-0.3, -0.25) is 0 Å². The Balaban J connectivity index is 5.14. The molecule has 0 bridgehead atoms. The van der Waals surface area contributed by atoms with Crippen molar-refractivity contribution in [1.29, 1.82) is 0 Å². The van der Waals surface area contributed by atoms with E-state index in [0.717, 1.165) is 0 Å². The zero-order valence-corrected chi connectivity index (χ0v) is 23.2. The third-order valence-electron chi connectivity index (χ3n) is 3.25. The molecule has 0 aliphatic rings. The first-order valence-electron chi connectivity index (χ1n) is 8.65. The van der Waals surface area contributed by atoms with E-state index in [9.17, 15) is 19.2 Å². The van der Waals surface area contributed by atoms with Gasteiger partial charge in [0.25, 0.3) is 0 Å². The Morgan fingerprint density at radius 1 is 0.517 bits per heavy atom. The fourth-order valence-electron chi connectivity index (χ4n) is 1.70. The third kappa shape index (κ3) is 14.7. The van der Waals surface area contributed by atoms with Crippen LogP contribution in [0.3, 0.4) is 0 Å². The molecule has 0 radical (unpaired) electrons. The van der Waals surface area contributed by atoms with Crippen LogP contribution < -0.4 is 0 Å². The van der Waals surface area contributed by atoms with Gasteiger partial charge in [-0.15, -0.1) is 0 Å². The Hall–Kier alpha value is 0.0787. The quantitative estimate of drug-likeness (QED) is 0.149. The molecule has 29 heavy (non-hydrogen) atoms. The zero-order chi connectivity index (χ0) is 22.1. The normalized spacial score (nSPS) is 10.9. The van der Waals surface area contributed by atoms with Gasteiger partial charge in [-0.1, -0.05) is 0 Å². The van der Waals surface area contributed by atoms with Crippen LogP contribution in [0.5, 0.6) is 0 Å². The first kappa shape index (κ1) is 29.1. The fourth-order valence-corrected chi connectivity index (χ4v) is 50.8. The summed E-state index contributed by atoms with van der Waals surface area (Å²) in [4.78, 5) is 46.0. The van der Waals surface area contributed by atoms with E-state index in [0.29, 0.717) is 23.0 Å². The monoisotopic (exact) mass is 596 g/mol. The van der Waals surface area contributed by atoms with Crippen molar-refractivity contribution in [2.75, 3.05) is 51.5 Å². The van der Waals surface area contributed by atoms with Crippen molar-refractivity contribution in [1.82, 2.24) is 0 Å². The number of carbonyl (C=O) groups is 4. The maximum atomic E-state index is 11.5. The first-order chi connectivity index (χ1) is 13.8. The Bertz CT molecular complexity index is 442. The Morgan fingerprint density at radius 3 is 0.897 bits per heavy atom. The van der Waals surface area contributed by atoms with Crippen molar-refractivity contribution in [3.63, 3.8) is 0 Å². The number of ether oxygens (including phenoxy) is 4. The van der Waals surface area contributed by atoms with Crippen molar-refractivity contribution in [3.05, 3.63) is 0 Å². The second-order valence-corrected chi connectivity index (χ2v) is 47.6. The van der Waals surface area contributed by atoms with E-state index in [1.165, 1.54) is 28.4 Å². The summed E-state index contributed by atoms with van der Waals surface area (Å²) in [6, 6.07) is 0. The summed E-state index contributed by atoms with van der Waals surface area (Å²) in [6.07, 6.45) is 1.14. The van der Waals surface area contributed by atoms with Gasteiger partial charge in [-0.2, -0.15) is 0 Å². The van der Waals surface area contributed by atoms with Crippen molar-refractivity contribution < 1.29 is 38.1 Å². The Morgan fingerprint density at radius 2 is 0.724 bits per heavy atom. The molecule has 0 saturated heterocycles. The fraction of sp³-hybridized carbons (Fsp3) is 0.750. The van der Waals surface area contributed by atoms with Crippen LogP contribution in [0.2, 0.25) is 0 Å². The number of carbonyl (C=O) groups excluding carboxylic acids is 4. The molecule has 0 aliphatic heterocycles. The predicted molar refractivity (Wildman–Crippen MR) is 122 cm³/mol. The molecule has 0 spiro atoms. The van der Waals surface area contributed by atoms with Gasteiger partial charge in [0.15, 0.2) is 0 Å². The topological polar surface area (TPSA) is 105 Å². The molecule has 168 valence electrons. The summed E-state index contributed by atoms with van der Waals surface area (Å²) in [5, 5.41) is 0. The number of esters is 4. The van der Waals surface area contributed by atoms with E-state index in [2.05, 4.69) is 0 Å². The van der Waals surface area contributed by atoms with Crippen molar-refractivity contribution in [2.24, 2.45) is 0 Å². The van der Waals surface area contributed by atoms with Crippen molar-refractivity contribution in [2.45, 2.75) is 25.7 Å². The molecule has 0 atom stereocenters. The molecular weight excluding hydrogens is 567 g/mol. The van der Waals surface area contributed by atoms with E-state index < -0.39 is 12.8 Å². The van der Waals surface area contributed by atoms with Crippen LogP contribution in [0.4, 0.5) is 0 Å². The molecule has 0 heterocycles. The van der Waals surface area contributed by atoms with Crippen molar-refractivity contribution in [3.8, 4) is 0 Å². The van der Waals surface area contributed by atoms with Gasteiger partial charge in [0.05, 0.1) is 0 Å². The minimum absolute atomic E-state index is 0.281. The van der Waals surface area contributed by atoms with E-state index in [1.807, 2.05) is 0 Å². The van der Waals surface area contributed by atoms with E-state index >= 15 is 0 Å². The van der Waals surface area contributed by atoms with Crippen LogP contribution in [0.1, 0.15) is 25.7 Å².